The van der Waals surface area contributed by atoms with Crippen LogP contribution in [0.2, 0.25) is 0 Å². The van der Waals surface area contributed by atoms with Crippen LogP contribution in [0.4, 0.5) is 4.39 Å². The monoisotopic (exact) mass is 337 g/mol. The van der Waals surface area contributed by atoms with Crippen molar-refractivity contribution < 1.29 is 14.3 Å². The second kappa shape index (κ2) is 5.73. The fourth-order valence-electron chi connectivity index (χ4n) is 3.11. The first-order valence-electron chi connectivity index (χ1n) is 7.95. The van der Waals surface area contributed by atoms with Gasteiger partial charge in [0, 0.05) is 24.7 Å². The Kier molecular flexibility index (Phi) is 3.53. The predicted octanol–water partition coefficient (Wildman–Crippen LogP) is 3.12. The Hall–Kier alpha value is -3.15. The van der Waals surface area contributed by atoms with Crippen molar-refractivity contribution >= 4 is 16.8 Å². The van der Waals surface area contributed by atoms with E-state index in [4.69, 9.17) is 0 Å². The summed E-state index contributed by atoms with van der Waals surface area (Å²) in [6.45, 7) is 4.68. The first kappa shape index (κ1) is 15.4. The van der Waals surface area contributed by atoms with E-state index >= 15 is 0 Å². The van der Waals surface area contributed by atoms with Gasteiger partial charge in [-0.1, -0.05) is 24.8 Å². The fourth-order valence-corrected chi connectivity index (χ4v) is 3.11. The number of fused-ring (bicyclic) bond motifs is 1. The lowest BCUT2D eigenvalue weighted by Gasteiger charge is -2.38. The Morgan fingerprint density at radius 1 is 1.32 bits per heavy atom. The SMILES string of the molecule is C=CC(=O)N1CC(n2cc3ccc(-c4c(O)cccc4F)cc3n2)C1. The highest BCUT2D eigenvalue weighted by Gasteiger charge is 2.31. The summed E-state index contributed by atoms with van der Waals surface area (Å²) in [5.41, 5.74) is 1.46. The molecule has 0 atom stereocenters. The molecule has 6 heteroatoms. The van der Waals surface area contributed by atoms with E-state index in [1.165, 1.54) is 24.3 Å². The van der Waals surface area contributed by atoms with E-state index in [-0.39, 0.29) is 23.3 Å². The number of phenolic OH excluding ortho intramolecular Hbond substituents is 1. The molecule has 0 radical (unpaired) electrons. The summed E-state index contributed by atoms with van der Waals surface area (Å²) in [5.74, 6) is -0.655. The molecule has 0 bridgehead atoms. The summed E-state index contributed by atoms with van der Waals surface area (Å²) in [6.07, 6.45) is 3.23. The van der Waals surface area contributed by atoms with Gasteiger partial charge in [0.25, 0.3) is 0 Å². The van der Waals surface area contributed by atoms with E-state index in [2.05, 4.69) is 11.7 Å². The van der Waals surface area contributed by atoms with E-state index < -0.39 is 5.82 Å². The Labute approximate surface area is 143 Å². The summed E-state index contributed by atoms with van der Waals surface area (Å²) in [7, 11) is 0. The standard InChI is InChI=1S/C19H16FN3O2/c1-2-18(25)22-10-14(11-22)23-9-13-7-6-12(8-16(13)21-23)19-15(20)4-3-5-17(19)24/h2-9,14,24H,1,10-11H2. The van der Waals surface area contributed by atoms with E-state index in [0.717, 1.165) is 5.39 Å². The highest BCUT2D eigenvalue weighted by molar-refractivity contribution is 5.88. The Balaban J connectivity index is 1.65. The van der Waals surface area contributed by atoms with Gasteiger partial charge in [-0.05, 0) is 29.8 Å². The molecule has 5 nitrogen and oxygen atoms in total. The zero-order valence-corrected chi connectivity index (χ0v) is 13.4. The number of rotatable bonds is 3. The van der Waals surface area contributed by atoms with Gasteiger partial charge >= 0.3 is 0 Å². The maximum Gasteiger partial charge on any atom is 0.246 e. The second-order valence-electron chi connectivity index (χ2n) is 6.12. The lowest BCUT2D eigenvalue weighted by Crippen LogP contribution is -2.50. The third-order valence-corrected chi connectivity index (χ3v) is 4.53. The van der Waals surface area contributed by atoms with Crippen LogP contribution in [0.15, 0.2) is 55.3 Å². The number of carbonyl (C=O) groups excluding carboxylic acids is 1. The van der Waals surface area contributed by atoms with Gasteiger partial charge in [0.15, 0.2) is 0 Å². The molecule has 0 spiro atoms. The van der Waals surface area contributed by atoms with Gasteiger partial charge < -0.3 is 10.0 Å². The lowest BCUT2D eigenvalue weighted by atomic mass is 10.0. The summed E-state index contributed by atoms with van der Waals surface area (Å²) in [5, 5.41) is 15.4. The number of aromatic nitrogens is 2. The molecule has 1 fully saturated rings. The molecular formula is C19H16FN3O2. The van der Waals surface area contributed by atoms with E-state index in [9.17, 15) is 14.3 Å². The van der Waals surface area contributed by atoms with Crippen molar-refractivity contribution in [1.82, 2.24) is 14.7 Å². The van der Waals surface area contributed by atoms with Gasteiger partial charge in [0.05, 0.1) is 17.1 Å². The minimum Gasteiger partial charge on any atom is -0.507 e. The molecule has 1 amide bonds. The Bertz CT molecular complexity index is 969. The molecule has 1 N–H and O–H groups in total. The van der Waals surface area contributed by atoms with Crippen molar-refractivity contribution in [3.8, 4) is 16.9 Å². The molecule has 1 aliphatic heterocycles. The van der Waals surface area contributed by atoms with Gasteiger partial charge in [-0.3, -0.25) is 9.48 Å². The van der Waals surface area contributed by atoms with Crippen LogP contribution in [-0.2, 0) is 4.79 Å². The number of likely N-dealkylation sites (tertiary alicyclic amines) is 1. The van der Waals surface area contributed by atoms with Crippen molar-refractivity contribution in [3.63, 3.8) is 0 Å². The molecule has 0 unspecified atom stereocenters. The number of halogens is 1. The third kappa shape index (κ3) is 2.55. The molecule has 0 aliphatic carbocycles. The molecule has 3 aromatic rings. The van der Waals surface area contributed by atoms with Crippen molar-refractivity contribution in [2.75, 3.05) is 13.1 Å². The van der Waals surface area contributed by atoms with Crippen LogP contribution < -0.4 is 0 Å². The molecule has 4 rings (SSSR count). The van der Waals surface area contributed by atoms with Gasteiger partial charge in [0.2, 0.25) is 5.91 Å². The minimum atomic E-state index is -0.476. The van der Waals surface area contributed by atoms with Crippen molar-refractivity contribution in [3.05, 3.63) is 61.1 Å². The number of hydrogen-bond acceptors (Lipinski definition) is 3. The molecule has 1 aromatic heterocycles. The van der Waals surface area contributed by atoms with Crippen LogP contribution in [0, 0.1) is 5.82 Å². The van der Waals surface area contributed by atoms with Crippen LogP contribution >= 0.6 is 0 Å². The van der Waals surface area contributed by atoms with Crippen LogP contribution in [0.25, 0.3) is 22.0 Å². The van der Waals surface area contributed by atoms with E-state index in [1.807, 2.05) is 16.9 Å². The maximum absolute atomic E-state index is 14.1. The second-order valence-corrected chi connectivity index (χ2v) is 6.12. The van der Waals surface area contributed by atoms with Gasteiger partial charge in [-0.2, -0.15) is 5.10 Å². The van der Waals surface area contributed by atoms with Gasteiger partial charge in [-0.15, -0.1) is 0 Å². The number of aromatic hydroxyl groups is 1. The zero-order valence-electron chi connectivity index (χ0n) is 13.4. The van der Waals surface area contributed by atoms with E-state index in [0.29, 0.717) is 24.2 Å². The van der Waals surface area contributed by atoms with Crippen LogP contribution in [0.5, 0.6) is 5.75 Å². The number of benzene rings is 2. The highest BCUT2D eigenvalue weighted by Crippen LogP contribution is 2.33. The molecule has 126 valence electrons. The maximum atomic E-state index is 14.1. The van der Waals surface area contributed by atoms with Crippen LogP contribution in [0.1, 0.15) is 6.04 Å². The van der Waals surface area contributed by atoms with E-state index in [1.54, 1.807) is 17.0 Å². The molecule has 0 saturated carbocycles. The summed E-state index contributed by atoms with van der Waals surface area (Å²) < 4.78 is 15.9. The van der Waals surface area contributed by atoms with Crippen molar-refractivity contribution in [2.24, 2.45) is 0 Å². The molecule has 1 saturated heterocycles. The van der Waals surface area contributed by atoms with Crippen molar-refractivity contribution in [2.45, 2.75) is 6.04 Å². The number of nitrogens with zero attached hydrogens (tertiary/aromatic N) is 3. The molecule has 25 heavy (non-hydrogen) atoms. The molecule has 2 aromatic carbocycles. The summed E-state index contributed by atoms with van der Waals surface area (Å²) in [6, 6.07) is 9.75. The molecule has 1 aliphatic rings. The molecular weight excluding hydrogens is 321 g/mol. The summed E-state index contributed by atoms with van der Waals surface area (Å²) >= 11 is 0. The highest BCUT2D eigenvalue weighted by atomic mass is 19.1. The lowest BCUT2D eigenvalue weighted by molar-refractivity contribution is -0.131. The largest absolute Gasteiger partial charge is 0.507 e. The van der Waals surface area contributed by atoms with Gasteiger partial charge in [-0.25, -0.2) is 4.39 Å². The fraction of sp³-hybridized carbons (Fsp3) is 0.158. The zero-order chi connectivity index (χ0) is 17.6. The number of phenols is 1. The Morgan fingerprint density at radius 2 is 2.12 bits per heavy atom. The molecule has 2 heterocycles. The quantitative estimate of drug-likeness (QED) is 0.747. The predicted molar refractivity (Wildman–Crippen MR) is 92.6 cm³/mol. The first-order valence-corrected chi connectivity index (χ1v) is 7.95. The van der Waals surface area contributed by atoms with Crippen LogP contribution in [-0.4, -0.2) is 38.8 Å². The topological polar surface area (TPSA) is 58.4 Å². The average molecular weight is 337 g/mol. The summed E-state index contributed by atoms with van der Waals surface area (Å²) in [4.78, 5) is 13.2. The smallest absolute Gasteiger partial charge is 0.246 e. The minimum absolute atomic E-state index is 0.0784. The normalized spacial score (nSPS) is 14.5. The number of hydrogen-bond donors (Lipinski definition) is 1. The first-order chi connectivity index (χ1) is 12.1. The number of amides is 1. The van der Waals surface area contributed by atoms with Crippen LogP contribution in [0.3, 0.4) is 0 Å². The Morgan fingerprint density at radius 3 is 2.84 bits per heavy atom. The third-order valence-electron chi connectivity index (χ3n) is 4.53. The van der Waals surface area contributed by atoms with Gasteiger partial charge in [0.1, 0.15) is 11.6 Å². The number of carbonyl (C=O) groups is 1. The average Bonchev–Trinajstić information content (AvgIpc) is 2.95. The van der Waals surface area contributed by atoms with Crippen molar-refractivity contribution in [1.29, 1.82) is 0 Å².